The number of anilines is 1. The molecule has 2 heterocycles. The summed E-state index contributed by atoms with van der Waals surface area (Å²) in [6.07, 6.45) is 5.48. The Morgan fingerprint density at radius 2 is 2.20 bits per heavy atom. The summed E-state index contributed by atoms with van der Waals surface area (Å²) in [4.78, 5) is 4.30. The predicted octanol–water partition coefficient (Wildman–Crippen LogP) is 2.93. The summed E-state index contributed by atoms with van der Waals surface area (Å²) >= 11 is 0. The first kappa shape index (κ1) is 12.1. The molecule has 2 aromatic rings. The Kier molecular flexibility index (Phi) is 2.67. The van der Waals surface area contributed by atoms with Crippen LogP contribution in [-0.4, -0.2) is 24.1 Å². The summed E-state index contributed by atoms with van der Waals surface area (Å²) in [6, 6.07) is 7.21. The minimum Gasteiger partial charge on any atom is -0.382 e. The van der Waals surface area contributed by atoms with Crippen molar-refractivity contribution in [3.63, 3.8) is 0 Å². The lowest BCUT2D eigenvalue weighted by molar-refractivity contribution is 0.176. The zero-order chi connectivity index (χ0) is 13.6. The van der Waals surface area contributed by atoms with Gasteiger partial charge in [0.25, 0.3) is 0 Å². The molecule has 1 aromatic carbocycles. The number of nitrogens with zero attached hydrogens (tertiary/aromatic N) is 1. The van der Waals surface area contributed by atoms with Gasteiger partial charge in [-0.2, -0.15) is 0 Å². The average molecular weight is 271 g/mol. The van der Waals surface area contributed by atoms with Crippen LogP contribution in [0.15, 0.2) is 30.5 Å². The second-order valence-corrected chi connectivity index (χ2v) is 6.21. The standard InChI is InChI=1S/C16H18FN3/c17-11-1-2-14-13(7-11)15(4-6-19-14)20-12-3-5-16(8-12)9-18-10-16/h1-2,4,6-7,12,18H,3,5,8-10H2,(H,19,20). The molecule has 0 bridgehead atoms. The fourth-order valence-electron chi connectivity index (χ4n) is 3.59. The van der Waals surface area contributed by atoms with Crippen LogP contribution in [0.1, 0.15) is 19.3 Å². The van der Waals surface area contributed by atoms with E-state index in [2.05, 4.69) is 15.6 Å². The molecule has 20 heavy (non-hydrogen) atoms. The van der Waals surface area contributed by atoms with Crippen LogP contribution >= 0.6 is 0 Å². The largest absolute Gasteiger partial charge is 0.382 e. The Hall–Kier alpha value is -1.68. The number of hydrogen-bond donors (Lipinski definition) is 2. The third-order valence-corrected chi connectivity index (χ3v) is 4.77. The number of rotatable bonds is 2. The van der Waals surface area contributed by atoms with Crippen molar-refractivity contribution in [2.75, 3.05) is 18.4 Å². The van der Waals surface area contributed by atoms with Crippen molar-refractivity contribution in [1.29, 1.82) is 0 Å². The molecule has 1 aliphatic heterocycles. The van der Waals surface area contributed by atoms with Gasteiger partial charge in [0.05, 0.1) is 5.52 Å². The molecule has 1 atom stereocenters. The minimum absolute atomic E-state index is 0.209. The maximum Gasteiger partial charge on any atom is 0.124 e. The van der Waals surface area contributed by atoms with Gasteiger partial charge in [-0.15, -0.1) is 0 Å². The number of benzene rings is 1. The molecular weight excluding hydrogens is 253 g/mol. The molecule has 1 saturated carbocycles. The highest BCUT2D eigenvalue weighted by Crippen LogP contribution is 2.42. The van der Waals surface area contributed by atoms with Crippen LogP contribution in [0, 0.1) is 11.2 Å². The molecule has 3 nitrogen and oxygen atoms in total. The van der Waals surface area contributed by atoms with Gasteiger partial charge in [0, 0.05) is 36.4 Å². The summed E-state index contributed by atoms with van der Waals surface area (Å²) in [5, 5.41) is 7.85. The third kappa shape index (κ3) is 1.95. The topological polar surface area (TPSA) is 37.0 Å². The summed E-state index contributed by atoms with van der Waals surface area (Å²) in [6.45, 7) is 2.30. The molecule has 1 aromatic heterocycles. The highest BCUT2D eigenvalue weighted by atomic mass is 19.1. The highest BCUT2D eigenvalue weighted by Gasteiger charge is 2.43. The molecule has 0 radical (unpaired) electrons. The molecule has 4 heteroatoms. The first-order chi connectivity index (χ1) is 9.74. The molecule has 1 spiro atoms. The second-order valence-electron chi connectivity index (χ2n) is 6.21. The molecule has 4 rings (SSSR count). The van der Waals surface area contributed by atoms with Gasteiger partial charge in [0.1, 0.15) is 5.82 Å². The van der Waals surface area contributed by atoms with E-state index in [9.17, 15) is 4.39 Å². The van der Waals surface area contributed by atoms with Crippen LogP contribution < -0.4 is 10.6 Å². The van der Waals surface area contributed by atoms with Crippen LogP contribution in [0.2, 0.25) is 0 Å². The lowest BCUT2D eigenvalue weighted by Gasteiger charge is -2.39. The van der Waals surface area contributed by atoms with Gasteiger partial charge in [-0.25, -0.2) is 4.39 Å². The molecular formula is C16H18FN3. The monoisotopic (exact) mass is 271 g/mol. The first-order valence-corrected chi connectivity index (χ1v) is 7.26. The van der Waals surface area contributed by atoms with Crippen molar-refractivity contribution in [3.8, 4) is 0 Å². The first-order valence-electron chi connectivity index (χ1n) is 7.26. The predicted molar refractivity (Wildman–Crippen MR) is 78.3 cm³/mol. The second kappa shape index (κ2) is 4.42. The van der Waals surface area contributed by atoms with Crippen molar-refractivity contribution in [1.82, 2.24) is 10.3 Å². The summed E-state index contributed by atoms with van der Waals surface area (Å²) in [7, 11) is 0. The molecule has 2 fully saturated rings. The Balaban J connectivity index is 1.61. The van der Waals surface area contributed by atoms with E-state index in [0.717, 1.165) is 29.7 Å². The summed E-state index contributed by atoms with van der Waals surface area (Å²) in [5.41, 5.74) is 2.37. The van der Waals surface area contributed by atoms with E-state index in [-0.39, 0.29) is 5.82 Å². The number of fused-ring (bicyclic) bond motifs is 1. The minimum atomic E-state index is -0.209. The quantitative estimate of drug-likeness (QED) is 0.882. The number of pyridine rings is 1. The van der Waals surface area contributed by atoms with Crippen molar-refractivity contribution in [2.45, 2.75) is 25.3 Å². The number of nitrogens with one attached hydrogen (secondary N) is 2. The fourth-order valence-corrected chi connectivity index (χ4v) is 3.59. The van der Waals surface area contributed by atoms with E-state index in [4.69, 9.17) is 0 Å². The van der Waals surface area contributed by atoms with Crippen molar-refractivity contribution in [3.05, 3.63) is 36.3 Å². The van der Waals surface area contributed by atoms with Crippen molar-refractivity contribution >= 4 is 16.6 Å². The third-order valence-electron chi connectivity index (χ3n) is 4.77. The van der Waals surface area contributed by atoms with Gasteiger partial charge < -0.3 is 10.6 Å². The molecule has 2 N–H and O–H groups in total. The van der Waals surface area contributed by atoms with E-state index in [0.29, 0.717) is 11.5 Å². The van der Waals surface area contributed by atoms with Gasteiger partial charge in [0.15, 0.2) is 0 Å². The van der Waals surface area contributed by atoms with Gasteiger partial charge in [-0.3, -0.25) is 4.98 Å². The van der Waals surface area contributed by atoms with Crippen molar-refractivity contribution < 1.29 is 4.39 Å². The van der Waals surface area contributed by atoms with Crippen LogP contribution in [0.25, 0.3) is 10.9 Å². The Morgan fingerprint density at radius 1 is 1.30 bits per heavy atom. The van der Waals surface area contributed by atoms with Gasteiger partial charge in [-0.1, -0.05) is 0 Å². The van der Waals surface area contributed by atoms with E-state index in [1.54, 1.807) is 18.3 Å². The van der Waals surface area contributed by atoms with Crippen molar-refractivity contribution in [2.24, 2.45) is 5.41 Å². The van der Waals surface area contributed by atoms with Crippen LogP contribution in [0.5, 0.6) is 0 Å². The van der Waals surface area contributed by atoms with E-state index in [1.165, 1.54) is 25.3 Å². The Bertz CT molecular complexity index is 651. The Morgan fingerprint density at radius 3 is 2.95 bits per heavy atom. The van der Waals surface area contributed by atoms with Crippen LogP contribution in [-0.2, 0) is 0 Å². The molecule has 1 unspecified atom stereocenters. The molecule has 2 aliphatic rings. The summed E-state index contributed by atoms with van der Waals surface area (Å²) in [5.74, 6) is -0.209. The van der Waals surface area contributed by atoms with E-state index >= 15 is 0 Å². The smallest absolute Gasteiger partial charge is 0.124 e. The molecule has 104 valence electrons. The van der Waals surface area contributed by atoms with E-state index in [1.807, 2.05) is 6.07 Å². The fraction of sp³-hybridized carbons (Fsp3) is 0.438. The normalized spacial score (nSPS) is 23.9. The SMILES string of the molecule is Fc1ccc2nccc(NC3CCC4(CNC4)C3)c2c1. The zero-order valence-electron chi connectivity index (χ0n) is 11.3. The molecule has 1 aliphatic carbocycles. The summed E-state index contributed by atoms with van der Waals surface area (Å²) < 4.78 is 13.5. The number of aromatic nitrogens is 1. The van der Waals surface area contributed by atoms with Gasteiger partial charge in [-0.05, 0) is 48.9 Å². The molecule has 1 saturated heterocycles. The zero-order valence-corrected chi connectivity index (χ0v) is 11.3. The lowest BCUT2D eigenvalue weighted by atomic mass is 9.80. The lowest BCUT2D eigenvalue weighted by Crippen LogP contribution is -2.52. The average Bonchev–Trinajstić information content (AvgIpc) is 2.84. The highest BCUT2D eigenvalue weighted by molar-refractivity contribution is 5.91. The number of hydrogen-bond acceptors (Lipinski definition) is 3. The van der Waals surface area contributed by atoms with Crippen LogP contribution in [0.3, 0.4) is 0 Å². The van der Waals surface area contributed by atoms with E-state index < -0.39 is 0 Å². The Labute approximate surface area is 117 Å². The van der Waals surface area contributed by atoms with Gasteiger partial charge in [0.2, 0.25) is 0 Å². The maximum atomic E-state index is 13.5. The van der Waals surface area contributed by atoms with Gasteiger partial charge >= 0.3 is 0 Å². The van der Waals surface area contributed by atoms with Crippen LogP contribution in [0.4, 0.5) is 10.1 Å². The maximum absolute atomic E-state index is 13.5. The number of halogens is 1. The molecule has 0 amide bonds.